The summed E-state index contributed by atoms with van der Waals surface area (Å²) in [5.74, 6) is 2.82. The Morgan fingerprint density at radius 2 is 0.839 bits per heavy atom. The van der Waals surface area contributed by atoms with E-state index in [1.807, 2.05) is 79.0 Å². The Balaban J connectivity index is 1.07. The predicted molar refractivity (Wildman–Crippen MR) is 228 cm³/mol. The van der Waals surface area contributed by atoms with Crippen LogP contribution in [0, 0.1) is 0 Å². The summed E-state index contributed by atoms with van der Waals surface area (Å²) >= 11 is 0. The van der Waals surface area contributed by atoms with Gasteiger partial charge in [-0.1, -0.05) is 133 Å². The predicted octanol–water partition coefficient (Wildman–Crippen LogP) is 12.1. The minimum Gasteiger partial charge on any atom is -0.309 e. The summed E-state index contributed by atoms with van der Waals surface area (Å²) in [5, 5.41) is 4.79. The van der Waals surface area contributed by atoms with Gasteiger partial charge in [-0.15, -0.1) is 0 Å². The summed E-state index contributed by atoms with van der Waals surface area (Å²) in [5.41, 5.74) is 10.7. The number of rotatable bonds is 6. The van der Waals surface area contributed by atoms with Crippen molar-refractivity contribution >= 4 is 43.6 Å². The summed E-state index contributed by atoms with van der Waals surface area (Å²) < 4.78 is 4.65. The molecule has 0 atom stereocenters. The standard InChI is InChI=1S/C50H32N6/c1-3-14-33(15-4-1)48-52-49(34-16-5-2-6-17-34)54-50(53-48)37-19-13-18-35(30-37)36-25-27-41-39-20-7-9-22-43(39)55(46(41)31-36)38-26-28-45-42(32-38)40-21-8-10-23-44(40)56(45)47-24-11-12-29-51-47/h1-32H. The summed E-state index contributed by atoms with van der Waals surface area (Å²) in [6.07, 6.45) is 1.85. The topological polar surface area (TPSA) is 61.4 Å². The van der Waals surface area contributed by atoms with Crippen molar-refractivity contribution in [2.24, 2.45) is 0 Å². The van der Waals surface area contributed by atoms with Crippen molar-refractivity contribution in [3.05, 3.63) is 194 Å². The first-order valence-corrected chi connectivity index (χ1v) is 18.7. The highest BCUT2D eigenvalue weighted by atomic mass is 15.1. The fraction of sp³-hybridized carbons (Fsp3) is 0. The van der Waals surface area contributed by atoms with Gasteiger partial charge in [-0.3, -0.25) is 4.57 Å². The van der Waals surface area contributed by atoms with Gasteiger partial charge in [-0.05, 0) is 65.7 Å². The molecule has 0 unspecified atom stereocenters. The van der Waals surface area contributed by atoms with E-state index in [1.54, 1.807) is 0 Å². The van der Waals surface area contributed by atoms with E-state index < -0.39 is 0 Å². The van der Waals surface area contributed by atoms with E-state index >= 15 is 0 Å². The van der Waals surface area contributed by atoms with Crippen LogP contribution in [0.25, 0.3) is 100 Å². The fourth-order valence-electron chi connectivity index (χ4n) is 8.04. The molecule has 0 bridgehead atoms. The molecule has 0 spiro atoms. The molecule has 0 saturated carbocycles. The maximum Gasteiger partial charge on any atom is 0.164 e. The molecule has 6 nitrogen and oxygen atoms in total. The highest BCUT2D eigenvalue weighted by molar-refractivity contribution is 6.12. The number of para-hydroxylation sites is 2. The van der Waals surface area contributed by atoms with Crippen molar-refractivity contribution in [3.63, 3.8) is 0 Å². The van der Waals surface area contributed by atoms with Crippen molar-refractivity contribution in [2.75, 3.05) is 0 Å². The smallest absolute Gasteiger partial charge is 0.164 e. The molecule has 7 aromatic carbocycles. The molecule has 0 radical (unpaired) electrons. The number of fused-ring (bicyclic) bond motifs is 6. The third-order valence-electron chi connectivity index (χ3n) is 10.6. The number of hydrogen-bond donors (Lipinski definition) is 0. The maximum absolute atomic E-state index is 5.00. The Hall–Kier alpha value is -7.70. The zero-order valence-corrected chi connectivity index (χ0v) is 30.2. The number of nitrogens with zero attached hydrogens (tertiary/aromatic N) is 6. The van der Waals surface area contributed by atoms with Crippen LogP contribution in [0.4, 0.5) is 0 Å². The van der Waals surface area contributed by atoms with Gasteiger partial charge in [0.25, 0.3) is 0 Å². The summed E-state index contributed by atoms with van der Waals surface area (Å²) in [7, 11) is 0. The molecular weight excluding hydrogens is 685 g/mol. The van der Waals surface area contributed by atoms with Gasteiger partial charge in [-0.2, -0.15) is 0 Å². The van der Waals surface area contributed by atoms with E-state index in [1.165, 1.54) is 21.5 Å². The zero-order chi connectivity index (χ0) is 37.0. The first-order chi connectivity index (χ1) is 27.8. The largest absolute Gasteiger partial charge is 0.309 e. The average Bonchev–Trinajstić information content (AvgIpc) is 3.79. The fourth-order valence-corrected chi connectivity index (χ4v) is 8.04. The maximum atomic E-state index is 5.00. The van der Waals surface area contributed by atoms with Gasteiger partial charge in [0.05, 0.1) is 22.1 Å². The van der Waals surface area contributed by atoms with E-state index in [2.05, 4.69) is 124 Å². The van der Waals surface area contributed by atoms with E-state index in [4.69, 9.17) is 19.9 Å². The van der Waals surface area contributed by atoms with Crippen LogP contribution in [0.1, 0.15) is 0 Å². The van der Waals surface area contributed by atoms with Crippen LogP contribution in [-0.4, -0.2) is 29.1 Å². The van der Waals surface area contributed by atoms with Gasteiger partial charge in [0.1, 0.15) is 5.82 Å². The number of hydrogen-bond acceptors (Lipinski definition) is 4. The van der Waals surface area contributed by atoms with Crippen LogP contribution in [0.3, 0.4) is 0 Å². The first kappa shape index (κ1) is 31.8. The van der Waals surface area contributed by atoms with Crippen molar-refractivity contribution < 1.29 is 0 Å². The first-order valence-electron chi connectivity index (χ1n) is 18.7. The molecule has 0 aliphatic heterocycles. The molecule has 4 heterocycles. The van der Waals surface area contributed by atoms with Crippen LogP contribution >= 0.6 is 0 Å². The molecular formula is C50H32N6. The molecule has 0 saturated heterocycles. The van der Waals surface area contributed by atoms with Gasteiger partial charge in [0.15, 0.2) is 17.5 Å². The molecule has 0 fully saturated rings. The van der Waals surface area contributed by atoms with Crippen LogP contribution < -0.4 is 0 Å². The van der Waals surface area contributed by atoms with Gasteiger partial charge < -0.3 is 4.57 Å². The Bertz CT molecular complexity index is 3180. The molecule has 11 rings (SSSR count). The summed E-state index contributed by atoms with van der Waals surface area (Å²) in [6, 6.07) is 65.6. The van der Waals surface area contributed by atoms with E-state index in [0.717, 1.165) is 61.4 Å². The molecule has 262 valence electrons. The minimum atomic E-state index is 0.632. The lowest BCUT2D eigenvalue weighted by atomic mass is 10.0. The lowest BCUT2D eigenvalue weighted by molar-refractivity contribution is 1.07. The Labute approximate surface area is 322 Å². The monoisotopic (exact) mass is 716 g/mol. The normalized spacial score (nSPS) is 11.6. The van der Waals surface area contributed by atoms with E-state index in [-0.39, 0.29) is 0 Å². The van der Waals surface area contributed by atoms with Gasteiger partial charge in [0.2, 0.25) is 0 Å². The van der Waals surface area contributed by atoms with Crippen molar-refractivity contribution in [2.45, 2.75) is 0 Å². The molecule has 11 aromatic rings. The van der Waals surface area contributed by atoms with Crippen LogP contribution in [-0.2, 0) is 0 Å². The SMILES string of the molecule is c1ccc(-c2nc(-c3ccccc3)nc(-c3cccc(-c4ccc5c6ccccc6n(-c6ccc7c(c6)c6ccccc6n7-c6ccccn6)c5c4)c3)n2)cc1. The zero-order valence-electron chi connectivity index (χ0n) is 30.2. The molecule has 0 N–H and O–H groups in total. The molecule has 56 heavy (non-hydrogen) atoms. The lowest BCUT2D eigenvalue weighted by Gasteiger charge is -2.11. The Kier molecular flexibility index (Phi) is 7.38. The Morgan fingerprint density at radius 3 is 1.54 bits per heavy atom. The third kappa shape index (κ3) is 5.27. The van der Waals surface area contributed by atoms with Crippen molar-refractivity contribution in [1.29, 1.82) is 0 Å². The second-order valence-corrected chi connectivity index (χ2v) is 13.9. The number of pyridine rings is 1. The average molecular weight is 717 g/mol. The third-order valence-corrected chi connectivity index (χ3v) is 10.6. The molecule has 0 aliphatic carbocycles. The second kappa shape index (κ2) is 13.0. The highest BCUT2D eigenvalue weighted by Gasteiger charge is 2.18. The van der Waals surface area contributed by atoms with Crippen molar-refractivity contribution in [1.82, 2.24) is 29.1 Å². The van der Waals surface area contributed by atoms with Gasteiger partial charge >= 0.3 is 0 Å². The van der Waals surface area contributed by atoms with Gasteiger partial charge in [-0.25, -0.2) is 19.9 Å². The van der Waals surface area contributed by atoms with E-state index in [9.17, 15) is 0 Å². The molecule has 0 amide bonds. The van der Waals surface area contributed by atoms with Crippen molar-refractivity contribution in [3.8, 4) is 56.8 Å². The lowest BCUT2D eigenvalue weighted by Crippen LogP contribution is -2.00. The molecule has 4 aromatic heterocycles. The molecule has 0 aliphatic rings. The summed E-state index contributed by atoms with van der Waals surface area (Å²) in [6.45, 7) is 0. The quantitative estimate of drug-likeness (QED) is 0.172. The second-order valence-electron chi connectivity index (χ2n) is 13.9. The van der Waals surface area contributed by atoms with Gasteiger partial charge in [0, 0.05) is 50.1 Å². The summed E-state index contributed by atoms with van der Waals surface area (Å²) in [4.78, 5) is 19.6. The number of aromatic nitrogens is 6. The van der Waals surface area contributed by atoms with E-state index in [0.29, 0.717) is 17.5 Å². The molecule has 6 heteroatoms. The van der Waals surface area contributed by atoms with Crippen LogP contribution in [0.15, 0.2) is 194 Å². The minimum absolute atomic E-state index is 0.632. The number of benzene rings is 7. The van der Waals surface area contributed by atoms with Crippen LogP contribution in [0.2, 0.25) is 0 Å². The highest BCUT2D eigenvalue weighted by Crippen LogP contribution is 2.38. The Morgan fingerprint density at radius 1 is 0.304 bits per heavy atom. The van der Waals surface area contributed by atoms with Crippen LogP contribution in [0.5, 0.6) is 0 Å².